The lowest BCUT2D eigenvalue weighted by Crippen LogP contribution is -2.64. The Morgan fingerprint density at radius 2 is 1.76 bits per heavy atom. The Kier molecular flexibility index (Phi) is 9.81. The highest BCUT2D eigenvalue weighted by Gasteiger charge is 2.39. The van der Waals surface area contributed by atoms with Crippen LogP contribution >= 0.6 is 0 Å². The minimum atomic E-state index is -0.520. The Morgan fingerprint density at radius 3 is 2.39 bits per heavy atom. The van der Waals surface area contributed by atoms with E-state index in [0.29, 0.717) is 34.8 Å². The largest absolute Gasteiger partial charge is 0.496 e. The van der Waals surface area contributed by atoms with Crippen molar-refractivity contribution in [2.45, 2.75) is 57.8 Å². The van der Waals surface area contributed by atoms with Crippen molar-refractivity contribution in [3.8, 4) is 23.1 Å². The number of anilines is 1. The van der Waals surface area contributed by atoms with Gasteiger partial charge in [0.05, 0.1) is 18.7 Å². The van der Waals surface area contributed by atoms with Crippen LogP contribution in [-0.2, 0) is 11.3 Å². The molecule has 2 amide bonds. The van der Waals surface area contributed by atoms with Crippen molar-refractivity contribution in [1.29, 1.82) is 5.26 Å². The number of aromatic nitrogens is 2. The number of likely N-dealkylation sites (tertiary alicyclic amines) is 3. The molecule has 0 saturated carbocycles. The molecule has 0 spiro atoms. The van der Waals surface area contributed by atoms with Gasteiger partial charge in [-0.1, -0.05) is 24.3 Å². The SMILES string of the molecule is COc1ccc(F)cc1C(=O)NCc1ccc(-c2nn(C3CCN(C4CN(CC5CN(C(=O)OC(C)(C)C)C5)C4)CC3)c(N)c2C#N)cc1. The third-order valence-electron chi connectivity index (χ3n) is 9.57. The number of rotatable bonds is 9. The number of nitrogen functional groups attached to an aromatic ring is 1. The molecule has 4 heterocycles. The van der Waals surface area contributed by atoms with E-state index in [-0.39, 0.29) is 24.2 Å². The zero-order valence-electron chi connectivity index (χ0n) is 28.6. The summed E-state index contributed by atoms with van der Waals surface area (Å²) in [5.74, 6) is 0.211. The van der Waals surface area contributed by atoms with E-state index in [1.165, 1.54) is 19.2 Å². The van der Waals surface area contributed by atoms with E-state index < -0.39 is 17.3 Å². The fourth-order valence-electron chi connectivity index (χ4n) is 6.90. The maximum Gasteiger partial charge on any atom is 0.410 e. The third-order valence-corrected chi connectivity index (χ3v) is 9.57. The van der Waals surface area contributed by atoms with Crippen molar-refractivity contribution < 1.29 is 23.5 Å². The molecule has 1 aromatic heterocycles. The minimum Gasteiger partial charge on any atom is -0.496 e. The van der Waals surface area contributed by atoms with Crippen molar-refractivity contribution >= 4 is 17.8 Å². The summed E-state index contributed by atoms with van der Waals surface area (Å²) in [6, 6.07) is 14.1. The minimum absolute atomic E-state index is 0.108. The molecule has 0 bridgehead atoms. The molecular formula is C36H45FN8O4. The van der Waals surface area contributed by atoms with Crippen LogP contribution in [0.25, 0.3) is 11.3 Å². The van der Waals surface area contributed by atoms with Crippen LogP contribution in [0.5, 0.6) is 5.75 Å². The quantitative estimate of drug-likeness (QED) is 0.341. The molecule has 3 N–H and O–H groups in total. The Morgan fingerprint density at radius 1 is 1.06 bits per heavy atom. The number of nitrogens with two attached hydrogens (primary N) is 1. The number of ether oxygens (including phenoxy) is 2. The number of nitrogens with one attached hydrogen (secondary N) is 1. The molecule has 3 aliphatic heterocycles. The molecule has 260 valence electrons. The number of carbonyl (C=O) groups is 2. The summed E-state index contributed by atoms with van der Waals surface area (Å²) in [6.45, 7) is 12.4. The fraction of sp³-hybridized carbons (Fsp3) is 0.500. The van der Waals surface area contributed by atoms with Crippen molar-refractivity contribution in [2.75, 3.05) is 58.7 Å². The van der Waals surface area contributed by atoms with Gasteiger partial charge in [-0.05, 0) is 57.4 Å². The second kappa shape index (κ2) is 14.1. The lowest BCUT2D eigenvalue weighted by molar-refractivity contribution is -0.0285. The molecule has 13 heteroatoms. The molecule has 0 atom stereocenters. The summed E-state index contributed by atoms with van der Waals surface area (Å²) in [5, 5.41) is 17.6. The van der Waals surface area contributed by atoms with E-state index in [1.54, 1.807) is 4.90 Å². The zero-order chi connectivity index (χ0) is 34.9. The van der Waals surface area contributed by atoms with Crippen LogP contribution in [0.2, 0.25) is 0 Å². The predicted molar refractivity (Wildman–Crippen MR) is 182 cm³/mol. The van der Waals surface area contributed by atoms with Gasteiger partial charge in [0, 0.05) is 69.9 Å². The number of piperidine rings is 1. The van der Waals surface area contributed by atoms with Crippen LogP contribution in [0.1, 0.15) is 61.1 Å². The maximum absolute atomic E-state index is 13.7. The zero-order valence-corrected chi connectivity index (χ0v) is 28.6. The van der Waals surface area contributed by atoms with Gasteiger partial charge in [-0.25, -0.2) is 13.9 Å². The van der Waals surface area contributed by atoms with Crippen molar-refractivity contribution in [3.63, 3.8) is 0 Å². The number of nitriles is 1. The van der Waals surface area contributed by atoms with Crippen LogP contribution in [0.3, 0.4) is 0 Å². The first kappa shape index (κ1) is 34.2. The first-order chi connectivity index (χ1) is 23.4. The molecule has 49 heavy (non-hydrogen) atoms. The number of hydrogen-bond acceptors (Lipinski definition) is 9. The Balaban J connectivity index is 0.982. The van der Waals surface area contributed by atoms with E-state index in [0.717, 1.165) is 75.8 Å². The second-order valence-corrected chi connectivity index (χ2v) is 14.3. The lowest BCUT2D eigenvalue weighted by Gasteiger charge is -2.50. The standard InChI is InChI=1S/C36H45FN8O4/c1-36(2,3)49-35(47)44-19-24(20-44)18-42-21-28(22-42)43-13-11-27(12-14-43)45-33(39)30(16-38)32(41-45)25-7-5-23(6-8-25)17-40-34(46)29-15-26(37)9-10-31(29)48-4/h5-10,15,24,27-28H,11-14,17-22,39H2,1-4H3,(H,40,46). The average Bonchev–Trinajstić information content (AvgIpc) is 3.37. The van der Waals surface area contributed by atoms with Crippen molar-refractivity contribution in [1.82, 2.24) is 29.8 Å². The van der Waals surface area contributed by atoms with Gasteiger partial charge in [0.25, 0.3) is 5.91 Å². The highest BCUT2D eigenvalue weighted by atomic mass is 19.1. The molecule has 0 aliphatic carbocycles. The first-order valence-corrected chi connectivity index (χ1v) is 16.9. The summed E-state index contributed by atoms with van der Waals surface area (Å²) in [5.41, 5.74) is 8.64. The fourth-order valence-corrected chi connectivity index (χ4v) is 6.90. The van der Waals surface area contributed by atoms with Crippen LogP contribution < -0.4 is 15.8 Å². The Hall–Kier alpha value is -4.67. The van der Waals surface area contributed by atoms with Gasteiger partial charge < -0.3 is 25.4 Å². The molecular weight excluding hydrogens is 627 g/mol. The van der Waals surface area contributed by atoms with Gasteiger partial charge in [0.15, 0.2) is 0 Å². The number of halogens is 1. The topological polar surface area (TPSA) is 142 Å². The summed E-state index contributed by atoms with van der Waals surface area (Å²) in [4.78, 5) is 31.7. The van der Waals surface area contributed by atoms with Gasteiger partial charge in [0.2, 0.25) is 0 Å². The maximum atomic E-state index is 13.7. The van der Waals surface area contributed by atoms with Gasteiger partial charge >= 0.3 is 6.09 Å². The van der Waals surface area contributed by atoms with Crippen molar-refractivity contribution in [3.05, 3.63) is 65.0 Å². The van der Waals surface area contributed by atoms with Crippen LogP contribution in [0.15, 0.2) is 42.5 Å². The summed E-state index contributed by atoms with van der Waals surface area (Å²) in [7, 11) is 1.43. The van der Waals surface area contributed by atoms with Crippen LogP contribution in [0.4, 0.5) is 15.0 Å². The van der Waals surface area contributed by atoms with E-state index in [2.05, 4.69) is 21.2 Å². The number of carbonyl (C=O) groups excluding carboxylic acids is 2. The Bertz CT molecular complexity index is 1710. The molecule has 3 aliphatic rings. The van der Waals surface area contributed by atoms with Gasteiger partial charge in [-0.15, -0.1) is 0 Å². The molecule has 2 aromatic carbocycles. The van der Waals surface area contributed by atoms with E-state index in [4.69, 9.17) is 20.3 Å². The number of methoxy groups -OCH3 is 1. The highest BCUT2D eigenvalue weighted by molar-refractivity contribution is 5.96. The summed E-state index contributed by atoms with van der Waals surface area (Å²) in [6.07, 6.45) is 1.57. The van der Waals surface area contributed by atoms with Gasteiger partial charge in [-0.3, -0.25) is 14.6 Å². The molecule has 3 fully saturated rings. The monoisotopic (exact) mass is 672 g/mol. The van der Waals surface area contributed by atoms with E-state index in [1.807, 2.05) is 49.7 Å². The van der Waals surface area contributed by atoms with Crippen LogP contribution in [-0.4, -0.2) is 101 Å². The molecule has 6 rings (SSSR count). The lowest BCUT2D eigenvalue weighted by atomic mass is 9.95. The predicted octanol–water partition coefficient (Wildman–Crippen LogP) is 4.27. The average molecular weight is 673 g/mol. The number of benzene rings is 2. The number of hydrogen-bond donors (Lipinski definition) is 2. The second-order valence-electron chi connectivity index (χ2n) is 14.3. The third kappa shape index (κ3) is 7.66. The normalized spacial score (nSPS) is 18.0. The number of amides is 2. The smallest absolute Gasteiger partial charge is 0.410 e. The highest BCUT2D eigenvalue weighted by Crippen LogP contribution is 2.34. The van der Waals surface area contributed by atoms with Crippen LogP contribution in [0, 0.1) is 23.1 Å². The Labute approximate surface area is 286 Å². The van der Waals surface area contributed by atoms with Gasteiger partial charge in [-0.2, -0.15) is 10.4 Å². The molecule has 0 radical (unpaired) electrons. The number of nitrogens with zero attached hydrogens (tertiary/aromatic N) is 6. The van der Waals surface area contributed by atoms with Gasteiger partial charge in [0.1, 0.15) is 40.3 Å². The van der Waals surface area contributed by atoms with E-state index in [9.17, 15) is 19.2 Å². The summed E-state index contributed by atoms with van der Waals surface area (Å²) >= 11 is 0. The van der Waals surface area contributed by atoms with Crippen molar-refractivity contribution in [2.24, 2.45) is 5.92 Å². The molecule has 3 saturated heterocycles. The molecule has 12 nitrogen and oxygen atoms in total. The molecule has 0 unspecified atom stereocenters. The first-order valence-electron chi connectivity index (χ1n) is 16.9. The summed E-state index contributed by atoms with van der Waals surface area (Å²) < 4.78 is 26.2. The molecule has 3 aromatic rings. The van der Waals surface area contributed by atoms with E-state index >= 15 is 0 Å².